The Balaban J connectivity index is 1.95. The fourth-order valence-electron chi connectivity index (χ4n) is 3.03. The Hall–Kier alpha value is -2.36. The maximum absolute atomic E-state index is 4.59. The molecule has 0 atom stereocenters. The molecule has 0 fully saturated rings. The highest BCUT2D eigenvalue weighted by Gasteiger charge is 2.20. The van der Waals surface area contributed by atoms with Gasteiger partial charge in [-0.3, -0.25) is 0 Å². The van der Waals surface area contributed by atoms with Gasteiger partial charge in [0.25, 0.3) is 0 Å². The van der Waals surface area contributed by atoms with Crippen LogP contribution in [0.15, 0.2) is 30.5 Å². The van der Waals surface area contributed by atoms with Gasteiger partial charge in [0.1, 0.15) is 17.3 Å². The lowest BCUT2D eigenvalue weighted by Crippen LogP contribution is -2.17. The van der Waals surface area contributed by atoms with E-state index in [1.54, 1.807) is 0 Å². The molecule has 0 amide bonds. The van der Waals surface area contributed by atoms with Crippen LogP contribution in [0.25, 0.3) is 11.0 Å². The number of nitrogens with one attached hydrogen (secondary N) is 2. The average molecular weight is 351 g/mol. The van der Waals surface area contributed by atoms with Gasteiger partial charge in [-0.15, -0.1) is 0 Å². The second-order valence-electron chi connectivity index (χ2n) is 9.13. The number of aromatic nitrogens is 3. The Bertz CT molecular complexity index is 891. The van der Waals surface area contributed by atoms with E-state index in [4.69, 9.17) is 0 Å². The van der Waals surface area contributed by atoms with Crippen molar-refractivity contribution in [3.63, 3.8) is 0 Å². The van der Waals surface area contributed by atoms with Crippen LogP contribution in [0.1, 0.15) is 64.1 Å². The van der Waals surface area contributed by atoms with Gasteiger partial charge in [-0.05, 0) is 40.5 Å². The van der Waals surface area contributed by atoms with Gasteiger partial charge in [-0.2, -0.15) is 0 Å². The number of hydrogen-bond acceptors (Lipinski definition) is 3. The van der Waals surface area contributed by atoms with Crippen LogP contribution in [0.4, 0.5) is 5.82 Å². The Morgan fingerprint density at radius 2 is 1.54 bits per heavy atom. The van der Waals surface area contributed by atoms with Gasteiger partial charge in [0, 0.05) is 12.7 Å². The maximum atomic E-state index is 4.59. The summed E-state index contributed by atoms with van der Waals surface area (Å²) in [5, 5.41) is 4.54. The molecule has 0 radical (unpaired) electrons. The van der Waals surface area contributed by atoms with Crippen LogP contribution in [0.2, 0.25) is 0 Å². The minimum absolute atomic E-state index is 0.120. The highest BCUT2D eigenvalue weighted by molar-refractivity contribution is 5.86. The molecule has 0 aliphatic rings. The first-order valence-electron chi connectivity index (χ1n) is 9.24. The van der Waals surface area contributed by atoms with Crippen molar-refractivity contribution in [2.24, 2.45) is 0 Å². The van der Waals surface area contributed by atoms with Crippen LogP contribution >= 0.6 is 0 Å². The lowest BCUT2D eigenvalue weighted by atomic mass is 9.79. The molecule has 0 saturated carbocycles. The second-order valence-corrected chi connectivity index (χ2v) is 9.13. The number of aryl methyl sites for hydroxylation is 1. The first-order chi connectivity index (χ1) is 12.0. The lowest BCUT2D eigenvalue weighted by Gasteiger charge is -2.26. The quantitative estimate of drug-likeness (QED) is 0.658. The van der Waals surface area contributed by atoms with Gasteiger partial charge in [-0.1, -0.05) is 59.7 Å². The van der Waals surface area contributed by atoms with Crippen molar-refractivity contribution in [2.75, 3.05) is 5.32 Å². The number of nitrogens with zero attached hydrogens (tertiary/aromatic N) is 2. The van der Waals surface area contributed by atoms with Crippen molar-refractivity contribution >= 4 is 16.9 Å². The van der Waals surface area contributed by atoms with Crippen LogP contribution in [0.3, 0.4) is 0 Å². The van der Waals surface area contributed by atoms with Crippen molar-refractivity contribution in [1.82, 2.24) is 15.0 Å². The highest BCUT2D eigenvalue weighted by Crippen LogP contribution is 2.30. The van der Waals surface area contributed by atoms with E-state index in [1.165, 1.54) is 16.7 Å². The van der Waals surface area contributed by atoms with Crippen LogP contribution in [-0.2, 0) is 17.4 Å². The maximum Gasteiger partial charge on any atom is 0.143 e. The van der Waals surface area contributed by atoms with Gasteiger partial charge < -0.3 is 10.3 Å². The van der Waals surface area contributed by atoms with E-state index >= 15 is 0 Å². The number of hydrogen-bond donors (Lipinski definition) is 2. The molecule has 2 heterocycles. The molecule has 0 aliphatic heterocycles. The molecule has 0 aliphatic carbocycles. The summed E-state index contributed by atoms with van der Waals surface area (Å²) in [7, 11) is 0. The number of benzene rings is 1. The highest BCUT2D eigenvalue weighted by atomic mass is 15.0. The van der Waals surface area contributed by atoms with Gasteiger partial charge in [0.05, 0.1) is 5.39 Å². The molecular weight excluding hydrogens is 320 g/mol. The minimum atomic E-state index is 0.120. The van der Waals surface area contributed by atoms with E-state index in [9.17, 15) is 0 Å². The van der Waals surface area contributed by atoms with Gasteiger partial charge in [0.15, 0.2) is 0 Å². The zero-order valence-electron chi connectivity index (χ0n) is 17.0. The van der Waals surface area contributed by atoms with E-state index in [-0.39, 0.29) is 10.8 Å². The molecule has 0 unspecified atom stereocenters. The molecule has 3 aromatic rings. The molecule has 1 aromatic carbocycles. The van der Waals surface area contributed by atoms with Gasteiger partial charge >= 0.3 is 0 Å². The predicted molar refractivity (Wildman–Crippen MR) is 110 cm³/mol. The van der Waals surface area contributed by atoms with Crippen LogP contribution in [0, 0.1) is 6.92 Å². The standard InChI is InChI=1S/C22H30N4/c1-14-25-19-18(8-9-23-19)20(26-14)24-13-15-10-16(21(2,3)4)12-17(11-15)22(5,6)7/h8-12H,13H2,1-7H3,(H2,23,24,25,26). The van der Waals surface area contributed by atoms with Crippen molar-refractivity contribution in [1.29, 1.82) is 0 Å². The first-order valence-corrected chi connectivity index (χ1v) is 9.24. The van der Waals surface area contributed by atoms with E-state index in [0.717, 1.165) is 29.2 Å². The van der Waals surface area contributed by atoms with E-state index in [1.807, 2.05) is 19.2 Å². The third-order valence-electron chi connectivity index (χ3n) is 4.71. The normalized spacial score (nSPS) is 12.6. The van der Waals surface area contributed by atoms with Gasteiger partial charge in [-0.25, -0.2) is 9.97 Å². The van der Waals surface area contributed by atoms with E-state index in [2.05, 4.69) is 80.0 Å². The molecule has 2 aromatic heterocycles. The smallest absolute Gasteiger partial charge is 0.143 e. The lowest BCUT2D eigenvalue weighted by molar-refractivity contribution is 0.567. The number of aromatic amines is 1. The third-order valence-corrected chi connectivity index (χ3v) is 4.71. The molecule has 0 bridgehead atoms. The van der Waals surface area contributed by atoms with Crippen molar-refractivity contribution in [3.05, 3.63) is 53.0 Å². The molecule has 26 heavy (non-hydrogen) atoms. The average Bonchev–Trinajstić information content (AvgIpc) is 2.98. The molecule has 4 heteroatoms. The van der Waals surface area contributed by atoms with E-state index in [0.29, 0.717) is 0 Å². The number of fused-ring (bicyclic) bond motifs is 1. The van der Waals surface area contributed by atoms with Crippen LogP contribution < -0.4 is 5.32 Å². The zero-order chi connectivity index (χ0) is 19.1. The van der Waals surface area contributed by atoms with Crippen molar-refractivity contribution < 1.29 is 0 Å². The Labute approximate surface area is 156 Å². The molecule has 0 saturated heterocycles. The topological polar surface area (TPSA) is 53.6 Å². The van der Waals surface area contributed by atoms with Crippen molar-refractivity contribution in [3.8, 4) is 0 Å². The number of H-pyrrole nitrogens is 1. The molecule has 2 N–H and O–H groups in total. The summed E-state index contributed by atoms with van der Waals surface area (Å²) in [4.78, 5) is 12.2. The monoisotopic (exact) mass is 350 g/mol. The summed E-state index contributed by atoms with van der Waals surface area (Å²) in [5.41, 5.74) is 5.13. The fraction of sp³-hybridized carbons (Fsp3) is 0.455. The third kappa shape index (κ3) is 3.90. The second kappa shape index (κ2) is 6.42. The first kappa shape index (κ1) is 18.4. The Morgan fingerprint density at radius 1 is 0.923 bits per heavy atom. The summed E-state index contributed by atoms with van der Waals surface area (Å²) >= 11 is 0. The minimum Gasteiger partial charge on any atom is -0.365 e. The SMILES string of the molecule is Cc1nc(NCc2cc(C(C)(C)C)cc(C(C)(C)C)c2)c2cc[nH]c2n1. The molecule has 4 nitrogen and oxygen atoms in total. The summed E-state index contributed by atoms with van der Waals surface area (Å²) < 4.78 is 0. The number of anilines is 1. The van der Waals surface area contributed by atoms with Crippen molar-refractivity contribution in [2.45, 2.75) is 65.8 Å². The molecule has 138 valence electrons. The molecule has 3 rings (SSSR count). The molecular formula is C22H30N4. The number of rotatable bonds is 3. The Morgan fingerprint density at radius 3 is 2.12 bits per heavy atom. The molecule has 0 spiro atoms. The summed E-state index contributed by atoms with van der Waals surface area (Å²) in [6.45, 7) is 16.3. The zero-order valence-corrected chi connectivity index (χ0v) is 17.0. The summed E-state index contributed by atoms with van der Waals surface area (Å²) in [5.74, 6) is 1.65. The summed E-state index contributed by atoms with van der Waals surface area (Å²) in [6.07, 6.45) is 1.90. The van der Waals surface area contributed by atoms with Crippen LogP contribution in [0.5, 0.6) is 0 Å². The summed E-state index contributed by atoms with van der Waals surface area (Å²) in [6, 6.07) is 8.99. The largest absolute Gasteiger partial charge is 0.365 e. The Kier molecular flexibility index (Phi) is 4.55. The predicted octanol–water partition coefficient (Wildman–Crippen LogP) is 5.47. The van der Waals surface area contributed by atoms with Crippen LogP contribution in [-0.4, -0.2) is 15.0 Å². The fourth-order valence-corrected chi connectivity index (χ4v) is 3.03. The van der Waals surface area contributed by atoms with E-state index < -0.39 is 0 Å². The van der Waals surface area contributed by atoms with Gasteiger partial charge in [0.2, 0.25) is 0 Å².